The molecule has 0 saturated heterocycles. The number of rotatable bonds is 3. The third-order valence-corrected chi connectivity index (χ3v) is 3.53. The van der Waals surface area contributed by atoms with Crippen LogP contribution in [0.1, 0.15) is 10.4 Å². The normalized spacial score (nSPS) is 10.2. The molecule has 1 amide bonds. The molecule has 8 heteroatoms. The average molecular weight is 371 g/mol. The van der Waals surface area contributed by atoms with Crippen molar-refractivity contribution in [1.29, 1.82) is 0 Å². The Bertz CT molecular complexity index is 737. The van der Waals surface area contributed by atoms with E-state index >= 15 is 0 Å². The molecule has 0 aromatic heterocycles. The van der Waals surface area contributed by atoms with Crippen LogP contribution in [0.5, 0.6) is 0 Å². The summed E-state index contributed by atoms with van der Waals surface area (Å²) in [5.74, 6) is -0.628. The fourth-order valence-electron chi connectivity index (χ4n) is 1.68. The predicted molar refractivity (Wildman–Crippen MR) is 84.6 cm³/mol. The van der Waals surface area contributed by atoms with Gasteiger partial charge in [0.25, 0.3) is 11.6 Å². The number of nitrogens with one attached hydrogen (secondary N) is 1. The Kier molecular flexibility index (Phi) is 4.44. The van der Waals surface area contributed by atoms with Crippen molar-refractivity contribution in [2.45, 2.75) is 0 Å². The molecule has 2 aromatic rings. The largest absolute Gasteiger partial charge is 0.399 e. The van der Waals surface area contributed by atoms with E-state index in [1.165, 1.54) is 18.2 Å². The zero-order valence-corrected chi connectivity index (χ0v) is 12.8. The van der Waals surface area contributed by atoms with E-state index in [9.17, 15) is 14.9 Å². The number of hydrogen-bond acceptors (Lipinski definition) is 4. The minimum atomic E-state index is -0.634. The summed E-state index contributed by atoms with van der Waals surface area (Å²) >= 11 is 9.06. The summed E-state index contributed by atoms with van der Waals surface area (Å²) in [5, 5.41) is 14.0. The summed E-state index contributed by atoms with van der Waals surface area (Å²) in [4.78, 5) is 22.5. The van der Waals surface area contributed by atoms with Crippen molar-refractivity contribution in [1.82, 2.24) is 0 Å². The zero-order chi connectivity index (χ0) is 15.6. The highest BCUT2D eigenvalue weighted by molar-refractivity contribution is 9.10. The van der Waals surface area contributed by atoms with Crippen LogP contribution in [0, 0.1) is 10.1 Å². The van der Waals surface area contributed by atoms with E-state index < -0.39 is 10.8 Å². The molecule has 3 N–H and O–H groups in total. The van der Waals surface area contributed by atoms with E-state index in [4.69, 9.17) is 17.3 Å². The number of nitrogens with two attached hydrogens (primary N) is 1. The van der Waals surface area contributed by atoms with Crippen molar-refractivity contribution >= 4 is 50.5 Å². The second kappa shape index (κ2) is 6.11. The van der Waals surface area contributed by atoms with Crippen molar-refractivity contribution < 1.29 is 9.72 Å². The Morgan fingerprint density at radius 2 is 2.00 bits per heavy atom. The topological polar surface area (TPSA) is 98.3 Å². The number of benzene rings is 2. The highest BCUT2D eigenvalue weighted by Crippen LogP contribution is 2.28. The number of carbonyl (C=O) groups excluding carboxylic acids is 1. The third kappa shape index (κ3) is 3.50. The molecule has 0 aliphatic carbocycles. The first-order chi connectivity index (χ1) is 9.88. The van der Waals surface area contributed by atoms with Gasteiger partial charge in [0.1, 0.15) is 5.56 Å². The van der Waals surface area contributed by atoms with Crippen LogP contribution in [0.4, 0.5) is 17.1 Å². The summed E-state index contributed by atoms with van der Waals surface area (Å²) in [5.41, 5.74) is 5.87. The molecule has 0 radical (unpaired) electrons. The van der Waals surface area contributed by atoms with Crippen molar-refractivity contribution in [2.24, 2.45) is 0 Å². The van der Waals surface area contributed by atoms with Crippen LogP contribution in [0.2, 0.25) is 5.02 Å². The molecule has 108 valence electrons. The Balaban J connectivity index is 2.36. The van der Waals surface area contributed by atoms with Crippen molar-refractivity contribution in [3.8, 4) is 0 Å². The zero-order valence-electron chi connectivity index (χ0n) is 10.5. The number of nitro benzene ring substituents is 1. The average Bonchev–Trinajstić information content (AvgIpc) is 2.41. The second-order valence-corrected chi connectivity index (χ2v) is 5.40. The molecular weight excluding hydrogens is 362 g/mol. The van der Waals surface area contributed by atoms with Gasteiger partial charge in [0, 0.05) is 21.2 Å². The van der Waals surface area contributed by atoms with Crippen LogP contribution in [0.3, 0.4) is 0 Å². The Labute approximate surface area is 133 Å². The van der Waals surface area contributed by atoms with Gasteiger partial charge in [-0.3, -0.25) is 14.9 Å². The van der Waals surface area contributed by atoms with Gasteiger partial charge in [-0.1, -0.05) is 11.6 Å². The van der Waals surface area contributed by atoms with Gasteiger partial charge in [0.05, 0.1) is 10.6 Å². The lowest BCUT2D eigenvalue weighted by Gasteiger charge is -2.08. The monoisotopic (exact) mass is 369 g/mol. The van der Waals surface area contributed by atoms with Gasteiger partial charge < -0.3 is 11.1 Å². The van der Waals surface area contributed by atoms with Crippen molar-refractivity contribution in [2.75, 3.05) is 11.1 Å². The van der Waals surface area contributed by atoms with E-state index in [1.54, 1.807) is 18.2 Å². The Morgan fingerprint density at radius 1 is 1.29 bits per heavy atom. The minimum absolute atomic E-state index is 0.109. The molecule has 6 nitrogen and oxygen atoms in total. The maximum atomic E-state index is 12.2. The maximum absolute atomic E-state index is 12.2. The fourth-order valence-corrected chi connectivity index (χ4v) is 2.46. The van der Waals surface area contributed by atoms with Gasteiger partial charge in [0.2, 0.25) is 0 Å². The molecule has 0 atom stereocenters. The molecule has 0 unspecified atom stereocenters. The van der Waals surface area contributed by atoms with E-state index in [1.807, 2.05) is 0 Å². The van der Waals surface area contributed by atoms with Gasteiger partial charge >= 0.3 is 0 Å². The van der Waals surface area contributed by atoms with Crippen LogP contribution < -0.4 is 11.1 Å². The van der Waals surface area contributed by atoms with E-state index in [0.29, 0.717) is 15.2 Å². The number of anilines is 2. The maximum Gasteiger partial charge on any atom is 0.282 e. The summed E-state index contributed by atoms with van der Waals surface area (Å²) in [6.07, 6.45) is 0. The fraction of sp³-hybridized carbons (Fsp3) is 0. The Hall–Kier alpha value is -2.12. The first kappa shape index (κ1) is 15.3. The van der Waals surface area contributed by atoms with Gasteiger partial charge in [0.15, 0.2) is 0 Å². The standard InChI is InChI=1S/C13H9BrClN3O3/c14-10-5-7(15)1-3-11(10)17-13(19)9-6-8(16)2-4-12(9)18(20)21/h1-6H,16H2,(H,17,19). The van der Waals surface area contributed by atoms with Crippen LogP contribution in [-0.4, -0.2) is 10.8 Å². The first-order valence-electron chi connectivity index (χ1n) is 5.69. The number of halogens is 2. The molecule has 0 saturated carbocycles. The third-order valence-electron chi connectivity index (χ3n) is 2.64. The van der Waals surface area contributed by atoms with Crippen LogP contribution >= 0.6 is 27.5 Å². The summed E-state index contributed by atoms with van der Waals surface area (Å²) in [6.45, 7) is 0. The lowest BCUT2D eigenvalue weighted by molar-refractivity contribution is -0.385. The predicted octanol–water partition coefficient (Wildman–Crippen LogP) is 3.85. The smallest absolute Gasteiger partial charge is 0.282 e. The van der Waals surface area contributed by atoms with Crippen molar-refractivity contribution in [3.05, 3.63) is 61.6 Å². The number of hydrogen-bond donors (Lipinski definition) is 2. The second-order valence-electron chi connectivity index (χ2n) is 4.11. The van der Waals surface area contributed by atoms with Gasteiger partial charge in [-0.15, -0.1) is 0 Å². The van der Waals surface area contributed by atoms with Crippen molar-refractivity contribution in [3.63, 3.8) is 0 Å². The number of carbonyl (C=O) groups is 1. The molecule has 2 aromatic carbocycles. The van der Waals surface area contributed by atoms with Gasteiger partial charge in [-0.25, -0.2) is 0 Å². The SMILES string of the molecule is Nc1ccc([N+](=O)[O-])c(C(=O)Nc2ccc(Cl)cc2Br)c1. The number of nitro groups is 1. The van der Waals surface area contributed by atoms with Crippen LogP contribution in [0.25, 0.3) is 0 Å². The molecule has 0 aliphatic heterocycles. The van der Waals surface area contributed by atoms with E-state index in [2.05, 4.69) is 21.2 Å². The van der Waals surface area contributed by atoms with E-state index in [-0.39, 0.29) is 16.9 Å². The minimum Gasteiger partial charge on any atom is -0.399 e. The lowest BCUT2D eigenvalue weighted by Crippen LogP contribution is -2.14. The summed E-state index contributed by atoms with van der Waals surface area (Å²) < 4.78 is 0.565. The summed E-state index contributed by atoms with van der Waals surface area (Å²) in [6, 6.07) is 8.61. The number of amides is 1. The molecule has 21 heavy (non-hydrogen) atoms. The quantitative estimate of drug-likeness (QED) is 0.487. The highest BCUT2D eigenvalue weighted by Gasteiger charge is 2.21. The highest BCUT2D eigenvalue weighted by atomic mass is 79.9. The van der Waals surface area contributed by atoms with Crippen LogP contribution in [-0.2, 0) is 0 Å². The molecule has 2 rings (SSSR count). The molecule has 0 bridgehead atoms. The van der Waals surface area contributed by atoms with Gasteiger partial charge in [-0.05, 0) is 46.3 Å². The number of nitrogens with zero attached hydrogens (tertiary/aromatic N) is 1. The first-order valence-corrected chi connectivity index (χ1v) is 6.86. The molecule has 0 heterocycles. The molecule has 0 aliphatic rings. The molecule has 0 spiro atoms. The Morgan fingerprint density at radius 3 is 2.62 bits per heavy atom. The molecule has 0 fully saturated rings. The lowest BCUT2D eigenvalue weighted by atomic mass is 10.1. The van der Waals surface area contributed by atoms with Gasteiger partial charge in [-0.2, -0.15) is 0 Å². The summed E-state index contributed by atoms with van der Waals surface area (Å²) in [7, 11) is 0. The van der Waals surface area contributed by atoms with E-state index in [0.717, 1.165) is 0 Å². The molecular formula is C13H9BrClN3O3. The number of nitrogen functional groups attached to an aromatic ring is 1. The van der Waals surface area contributed by atoms with Crippen LogP contribution in [0.15, 0.2) is 40.9 Å².